The lowest BCUT2D eigenvalue weighted by Gasteiger charge is -2.26. The summed E-state index contributed by atoms with van der Waals surface area (Å²) in [6, 6.07) is 12.1. The van der Waals surface area contributed by atoms with Crippen LogP contribution in [0.1, 0.15) is 30.7 Å². The average molecular weight is 405 g/mol. The molecular weight excluding hydrogens is 386 g/mol. The van der Waals surface area contributed by atoms with Gasteiger partial charge in [-0.1, -0.05) is 30.3 Å². The largest absolute Gasteiger partial charge is 0.486 e. The van der Waals surface area contributed by atoms with Gasteiger partial charge in [-0.05, 0) is 37.5 Å². The summed E-state index contributed by atoms with van der Waals surface area (Å²) in [5.74, 6) is -4.60. The molecule has 0 radical (unpaired) electrons. The number of sulfonamides is 1. The molecule has 0 saturated heterocycles. The Morgan fingerprint density at radius 2 is 1.89 bits per heavy atom. The summed E-state index contributed by atoms with van der Waals surface area (Å²) in [6.07, 6.45) is 2.85. The summed E-state index contributed by atoms with van der Waals surface area (Å²) >= 11 is 0. The summed E-state index contributed by atoms with van der Waals surface area (Å²) in [6.45, 7) is 0. The van der Waals surface area contributed by atoms with Gasteiger partial charge in [-0.15, -0.1) is 4.72 Å². The number of nitrogens with one attached hydrogen (secondary N) is 1. The van der Waals surface area contributed by atoms with Gasteiger partial charge in [0, 0.05) is 11.5 Å². The number of hydrogen-bond acceptors (Lipinski definition) is 6. The first kappa shape index (κ1) is 18.7. The van der Waals surface area contributed by atoms with Crippen molar-refractivity contribution in [2.75, 3.05) is 0 Å². The first-order valence-electron chi connectivity index (χ1n) is 8.83. The fraction of sp³-hybridized carbons (Fsp3) is 0.316. The normalized spacial score (nSPS) is 22.6. The fourth-order valence-electron chi connectivity index (χ4n) is 3.71. The van der Waals surface area contributed by atoms with Crippen LogP contribution in [-0.4, -0.2) is 36.6 Å². The van der Waals surface area contributed by atoms with Gasteiger partial charge in [-0.2, -0.15) is 0 Å². The zero-order chi connectivity index (χ0) is 19.9. The van der Waals surface area contributed by atoms with Crippen molar-refractivity contribution in [3.05, 3.63) is 54.1 Å². The van der Waals surface area contributed by atoms with E-state index in [4.69, 9.17) is 9.47 Å². The maximum atomic E-state index is 12.5. The van der Waals surface area contributed by atoms with Crippen LogP contribution in [0, 0.1) is 0 Å². The maximum absolute atomic E-state index is 12.5. The van der Waals surface area contributed by atoms with E-state index in [1.54, 1.807) is 16.9 Å². The molecule has 1 aliphatic heterocycles. The van der Waals surface area contributed by atoms with Crippen LogP contribution in [0.15, 0.2) is 53.4 Å². The van der Waals surface area contributed by atoms with E-state index in [0.29, 0.717) is 5.75 Å². The molecule has 148 valence electrons. The minimum absolute atomic E-state index is 0.0151. The van der Waals surface area contributed by atoms with Gasteiger partial charge in [0.25, 0.3) is 0 Å². The van der Waals surface area contributed by atoms with E-state index < -0.39 is 21.9 Å². The standard InChI is InChI=1S/C19H19NO7S/c21-18(22)19(23,20-28(24,25)12-6-2-1-3-7-12)27-16-11-5-9-14-13-8-4-10-15(13)26-17(14)16/h1-3,5-7,9,11,13,15,20,23H,4,8,10H2,(H,21,22). The van der Waals surface area contributed by atoms with Crippen molar-refractivity contribution in [3.63, 3.8) is 0 Å². The zero-order valence-corrected chi connectivity index (χ0v) is 15.6. The minimum atomic E-state index is -4.36. The monoisotopic (exact) mass is 405 g/mol. The Kier molecular flexibility index (Phi) is 4.53. The van der Waals surface area contributed by atoms with Gasteiger partial charge in [0.1, 0.15) is 6.10 Å². The highest BCUT2D eigenvalue weighted by Crippen LogP contribution is 2.50. The molecule has 9 heteroatoms. The van der Waals surface area contributed by atoms with Crippen LogP contribution in [-0.2, 0) is 14.8 Å². The van der Waals surface area contributed by atoms with Gasteiger partial charge in [-0.25, -0.2) is 13.2 Å². The second-order valence-electron chi connectivity index (χ2n) is 6.84. The second kappa shape index (κ2) is 6.77. The lowest BCUT2D eigenvalue weighted by Crippen LogP contribution is -2.58. The number of carboxylic acid groups (broad SMARTS) is 1. The molecule has 3 atom stereocenters. The molecule has 1 fully saturated rings. The molecule has 2 aromatic carbocycles. The van der Waals surface area contributed by atoms with Gasteiger partial charge < -0.3 is 19.7 Å². The first-order valence-corrected chi connectivity index (χ1v) is 10.3. The molecule has 0 spiro atoms. The van der Waals surface area contributed by atoms with Crippen molar-refractivity contribution in [1.29, 1.82) is 0 Å². The Hall–Kier alpha value is -2.62. The van der Waals surface area contributed by atoms with Gasteiger partial charge in [0.05, 0.1) is 4.90 Å². The van der Waals surface area contributed by atoms with Gasteiger partial charge in [-0.3, -0.25) is 0 Å². The highest BCUT2D eigenvalue weighted by atomic mass is 32.2. The van der Waals surface area contributed by atoms with E-state index in [9.17, 15) is 23.4 Å². The number of benzene rings is 2. The number of hydrogen-bond donors (Lipinski definition) is 3. The molecule has 0 amide bonds. The van der Waals surface area contributed by atoms with Crippen LogP contribution in [0.25, 0.3) is 0 Å². The number of ether oxygens (including phenoxy) is 2. The topological polar surface area (TPSA) is 122 Å². The van der Waals surface area contributed by atoms with Crippen molar-refractivity contribution in [2.45, 2.75) is 42.1 Å². The Bertz CT molecular complexity index is 1010. The number of carboxylic acids is 1. The predicted octanol–water partition coefficient (Wildman–Crippen LogP) is 1.80. The Labute approximate surface area is 161 Å². The molecule has 4 rings (SSSR count). The third-order valence-corrected chi connectivity index (χ3v) is 6.44. The molecule has 3 unspecified atom stereocenters. The molecule has 1 aliphatic carbocycles. The van der Waals surface area contributed by atoms with Crippen LogP contribution in [0.3, 0.4) is 0 Å². The van der Waals surface area contributed by atoms with E-state index in [0.717, 1.165) is 24.8 Å². The van der Waals surface area contributed by atoms with E-state index in [1.165, 1.54) is 30.3 Å². The summed E-state index contributed by atoms with van der Waals surface area (Å²) < 4.78 is 37.9. The number of para-hydroxylation sites is 1. The van der Waals surface area contributed by atoms with Crippen molar-refractivity contribution in [2.24, 2.45) is 0 Å². The SMILES string of the molecule is O=C(O)C(O)(NS(=O)(=O)c1ccccc1)Oc1cccc2c1OC1CCCC21. The third kappa shape index (κ3) is 3.21. The molecular formula is C19H19NO7S. The van der Waals surface area contributed by atoms with Crippen LogP contribution in [0.5, 0.6) is 11.5 Å². The smallest absolute Gasteiger partial charge is 0.395 e. The molecule has 1 heterocycles. The summed E-state index contributed by atoms with van der Waals surface area (Å²) in [5, 5.41) is 20.0. The summed E-state index contributed by atoms with van der Waals surface area (Å²) in [7, 11) is -4.36. The number of aliphatic hydroxyl groups is 1. The van der Waals surface area contributed by atoms with Gasteiger partial charge >= 0.3 is 11.9 Å². The lowest BCUT2D eigenvalue weighted by atomic mass is 9.97. The van der Waals surface area contributed by atoms with Crippen molar-refractivity contribution in [1.82, 2.24) is 4.72 Å². The van der Waals surface area contributed by atoms with E-state index in [2.05, 4.69) is 0 Å². The maximum Gasteiger partial charge on any atom is 0.395 e. The molecule has 8 nitrogen and oxygen atoms in total. The third-order valence-electron chi connectivity index (χ3n) is 5.00. The zero-order valence-electron chi connectivity index (χ0n) is 14.7. The molecule has 28 heavy (non-hydrogen) atoms. The molecule has 0 bridgehead atoms. The molecule has 0 aromatic heterocycles. The van der Waals surface area contributed by atoms with E-state index >= 15 is 0 Å². The van der Waals surface area contributed by atoms with Crippen LogP contribution >= 0.6 is 0 Å². The first-order chi connectivity index (χ1) is 13.3. The number of rotatable bonds is 6. The molecule has 2 aromatic rings. The molecule has 2 aliphatic rings. The molecule has 1 saturated carbocycles. The van der Waals surface area contributed by atoms with Crippen molar-refractivity contribution in [3.8, 4) is 11.5 Å². The Morgan fingerprint density at radius 3 is 2.61 bits per heavy atom. The minimum Gasteiger partial charge on any atom is -0.486 e. The van der Waals surface area contributed by atoms with Crippen LogP contribution < -0.4 is 14.2 Å². The summed E-state index contributed by atoms with van der Waals surface area (Å²) in [5.41, 5.74) is 0.874. The van der Waals surface area contributed by atoms with Gasteiger partial charge in [0.15, 0.2) is 11.5 Å². The predicted molar refractivity (Wildman–Crippen MR) is 97.4 cm³/mol. The van der Waals surface area contributed by atoms with Crippen molar-refractivity contribution >= 4 is 16.0 Å². The van der Waals surface area contributed by atoms with Crippen LogP contribution in [0.4, 0.5) is 0 Å². The highest BCUT2D eigenvalue weighted by molar-refractivity contribution is 7.89. The second-order valence-corrected chi connectivity index (χ2v) is 8.52. The quantitative estimate of drug-likeness (QED) is 0.627. The Morgan fingerprint density at radius 1 is 1.14 bits per heavy atom. The van der Waals surface area contributed by atoms with Crippen molar-refractivity contribution < 1.29 is 32.9 Å². The number of aliphatic carboxylic acids is 1. The van der Waals surface area contributed by atoms with Crippen LogP contribution in [0.2, 0.25) is 0 Å². The fourth-order valence-corrected chi connectivity index (χ4v) is 4.84. The molecule has 3 N–H and O–H groups in total. The highest BCUT2D eigenvalue weighted by Gasteiger charge is 2.46. The van der Waals surface area contributed by atoms with E-state index in [-0.39, 0.29) is 22.7 Å². The number of fused-ring (bicyclic) bond motifs is 3. The lowest BCUT2D eigenvalue weighted by molar-refractivity contribution is -0.197. The van der Waals surface area contributed by atoms with E-state index in [1.807, 2.05) is 6.07 Å². The average Bonchev–Trinajstić information content (AvgIpc) is 3.24. The number of carbonyl (C=O) groups is 1. The summed E-state index contributed by atoms with van der Waals surface area (Å²) in [4.78, 5) is 11.5. The van der Waals surface area contributed by atoms with Gasteiger partial charge in [0.2, 0.25) is 10.0 Å². The Balaban J connectivity index is 1.65.